The van der Waals surface area contributed by atoms with Crippen LogP contribution in [0.1, 0.15) is 18.9 Å². The molecule has 1 aromatic rings. The fourth-order valence-corrected chi connectivity index (χ4v) is 1.67. The minimum Gasteiger partial charge on any atom is -0.493 e. The van der Waals surface area contributed by atoms with Gasteiger partial charge in [0.05, 0.1) is 13.2 Å². The van der Waals surface area contributed by atoms with E-state index >= 15 is 0 Å². The van der Waals surface area contributed by atoms with Crippen molar-refractivity contribution >= 4 is 0 Å². The van der Waals surface area contributed by atoms with Crippen LogP contribution in [0, 0.1) is 0 Å². The minimum atomic E-state index is -4.27. The van der Waals surface area contributed by atoms with Gasteiger partial charge in [-0.1, -0.05) is 12.1 Å². The van der Waals surface area contributed by atoms with Crippen molar-refractivity contribution in [3.8, 4) is 5.75 Å². The Balaban J connectivity index is 2.22. The lowest BCUT2D eigenvalue weighted by Gasteiger charge is -2.10. The monoisotopic (exact) mass is 291 g/mol. The van der Waals surface area contributed by atoms with Crippen molar-refractivity contribution in [2.24, 2.45) is 5.73 Å². The zero-order valence-corrected chi connectivity index (χ0v) is 11.5. The van der Waals surface area contributed by atoms with Crippen LogP contribution in [0.25, 0.3) is 0 Å². The van der Waals surface area contributed by atoms with Gasteiger partial charge >= 0.3 is 6.18 Å². The summed E-state index contributed by atoms with van der Waals surface area (Å²) in [6, 6.07) is 7.60. The lowest BCUT2D eigenvalue weighted by Crippen LogP contribution is -2.18. The standard InChI is InChI=1S/C14H20F3NO2/c1-11(18)8-12-4-2-5-13(9-12)20-7-3-6-19-10-14(15,16)17/h2,4-5,9,11H,3,6-8,10,18H2,1H3. The molecule has 0 amide bonds. The van der Waals surface area contributed by atoms with Crippen molar-refractivity contribution < 1.29 is 22.6 Å². The van der Waals surface area contributed by atoms with Crippen LogP contribution in [0.5, 0.6) is 5.75 Å². The number of alkyl halides is 3. The van der Waals surface area contributed by atoms with Crippen LogP contribution in [0.4, 0.5) is 13.2 Å². The Labute approximate surface area is 116 Å². The predicted molar refractivity (Wildman–Crippen MR) is 70.8 cm³/mol. The molecule has 0 aliphatic heterocycles. The number of ether oxygens (including phenoxy) is 2. The Bertz CT molecular complexity index is 394. The number of halogens is 3. The first kappa shape index (κ1) is 16.8. The van der Waals surface area contributed by atoms with Gasteiger partial charge < -0.3 is 15.2 Å². The number of benzene rings is 1. The molecule has 20 heavy (non-hydrogen) atoms. The molecule has 0 fully saturated rings. The average Bonchev–Trinajstić information content (AvgIpc) is 2.32. The molecule has 0 aliphatic rings. The van der Waals surface area contributed by atoms with Crippen LogP contribution in [0.2, 0.25) is 0 Å². The van der Waals surface area contributed by atoms with Gasteiger partial charge in [0.1, 0.15) is 12.4 Å². The molecule has 2 N–H and O–H groups in total. The van der Waals surface area contributed by atoms with Gasteiger partial charge in [-0.2, -0.15) is 13.2 Å². The van der Waals surface area contributed by atoms with Gasteiger partial charge in [-0.15, -0.1) is 0 Å². The summed E-state index contributed by atoms with van der Waals surface area (Å²) >= 11 is 0. The Kier molecular flexibility index (Phi) is 6.81. The van der Waals surface area contributed by atoms with Gasteiger partial charge in [-0.3, -0.25) is 0 Å². The second-order valence-corrected chi connectivity index (χ2v) is 4.70. The Hall–Kier alpha value is -1.27. The third kappa shape index (κ3) is 8.01. The third-order valence-electron chi connectivity index (χ3n) is 2.42. The first-order valence-corrected chi connectivity index (χ1v) is 6.48. The van der Waals surface area contributed by atoms with Gasteiger partial charge in [0.2, 0.25) is 0 Å². The van der Waals surface area contributed by atoms with E-state index in [1.54, 1.807) is 6.07 Å². The summed E-state index contributed by atoms with van der Waals surface area (Å²) in [6.45, 7) is 1.06. The van der Waals surface area contributed by atoms with Crippen molar-refractivity contribution in [3.05, 3.63) is 29.8 Å². The van der Waals surface area contributed by atoms with Crippen LogP contribution < -0.4 is 10.5 Å². The molecule has 0 aromatic heterocycles. The van der Waals surface area contributed by atoms with Crippen LogP contribution in [-0.4, -0.2) is 32.0 Å². The van der Waals surface area contributed by atoms with Crippen LogP contribution in [0.3, 0.4) is 0 Å². The molecular weight excluding hydrogens is 271 g/mol. The van der Waals surface area contributed by atoms with E-state index < -0.39 is 12.8 Å². The average molecular weight is 291 g/mol. The summed E-state index contributed by atoms with van der Waals surface area (Å²) < 4.78 is 45.4. The molecule has 1 rings (SSSR count). The van der Waals surface area contributed by atoms with Crippen molar-refractivity contribution in [1.82, 2.24) is 0 Å². The highest BCUT2D eigenvalue weighted by molar-refractivity contribution is 5.28. The first-order valence-electron chi connectivity index (χ1n) is 6.48. The SMILES string of the molecule is CC(N)Cc1cccc(OCCCOCC(F)(F)F)c1. The smallest absolute Gasteiger partial charge is 0.411 e. The summed E-state index contributed by atoms with van der Waals surface area (Å²) in [5.74, 6) is 0.693. The molecule has 1 atom stereocenters. The van der Waals surface area contributed by atoms with Crippen molar-refractivity contribution in [2.75, 3.05) is 19.8 Å². The highest BCUT2D eigenvalue weighted by Crippen LogP contribution is 2.16. The Morgan fingerprint density at radius 3 is 2.65 bits per heavy atom. The molecular formula is C14H20F3NO2. The fraction of sp³-hybridized carbons (Fsp3) is 0.571. The van der Waals surface area contributed by atoms with E-state index in [1.807, 2.05) is 25.1 Å². The van der Waals surface area contributed by atoms with Gasteiger partial charge in [0.15, 0.2) is 0 Å². The Morgan fingerprint density at radius 1 is 1.25 bits per heavy atom. The normalized spacial score (nSPS) is 13.2. The van der Waals surface area contributed by atoms with E-state index in [0.29, 0.717) is 18.8 Å². The van der Waals surface area contributed by atoms with E-state index in [4.69, 9.17) is 10.5 Å². The molecule has 0 saturated carbocycles. The van der Waals surface area contributed by atoms with Crippen LogP contribution in [-0.2, 0) is 11.2 Å². The third-order valence-corrected chi connectivity index (χ3v) is 2.42. The van der Waals surface area contributed by atoms with Crippen molar-refractivity contribution in [3.63, 3.8) is 0 Å². The largest absolute Gasteiger partial charge is 0.493 e. The molecule has 0 saturated heterocycles. The zero-order chi connectivity index (χ0) is 15.0. The quantitative estimate of drug-likeness (QED) is 0.749. The molecule has 0 radical (unpaired) electrons. The molecule has 0 bridgehead atoms. The van der Waals surface area contributed by atoms with Gasteiger partial charge in [0.25, 0.3) is 0 Å². The Morgan fingerprint density at radius 2 is 2.00 bits per heavy atom. The van der Waals surface area contributed by atoms with Crippen LogP contribution >= 0.6 is 0 Å². The van der Waals surface area contributed by atoms with E-state index in [-0.39, 0.29) is 12.6 Å². The van der Waals surface area contributed by atoms with E-state index in [1.165, 1.54) is 0 Å². The van der Waals surface area contributed by atoms with E-state index in [0.717, 1.165) is 12.0 Å². The van der Waals surface area contributed by atoms with E-state index in [2.05, 4.69) is 4.74 Å². The summed E-state index contributed by atoms with van der Waals surface area (Å²) in [7, 11) is 0. The number of hydrogen-bond acceptors (Lipinski definition) is 3. The highest BCUT2D eigenvalue weighted by atomic mass is 19.4. The molecule has 1 aromatic carbocycles. The second kappa shape index (κ2) is 8.11. The number of nitrogens with two attached hydrogens (primary N) is 1. The van der Waals surface area contributed by atoms with Crippen LogP contribution in [0.15, 0.2) is 24.3 Å². The second-order valence-electron chi connectivity index (χ2n) is 4.70. The molecule has 3 nitrogen and oxygen atoms in total. The molecule has 0 heterocycles. The summed E-state index contributed by atoms with van der Waals surface area (Å²) in [4.78, 5) is 0. The molecule has 114 valence electrons. The van der Waals surface area contributed by atoms with Crippen molar-refractivity contribution in [1.29, 1.82) is 0 Å². The van der Waals surface area contributed by atoms with E-state index in [9.17, 15) is 13.2 Å². The minimum absolute atomic E-state index is 0.0268. The summed E-state index contributed by atoms with van der Waals surface area (Å²) in [5.41, 5.74) is 6.79. The summed E-state index contributed by atoms with van der Waals surface area (Å²) in [5, 5.41) is 0. The van der Waals surface area contributed by atoms with Gasteiger partial charge in [-0.25, -0.2) is 0 Å². The predicted octanol–water partition coefficient (Wildman–Crippen LogP) is 2.92. The lowest BCUT2D eigenvalue weighted by molar-refractivity contribution is -0.174. The first-order chi connectivity index (χ1) is 9.37. The topological polar surface area (TPSA) is 44.5 Å². The zero-order valence-electron chi connectivity index (χ0n) is 11.5. The molecule has 1 unspecified atom stereocenters. The maximum Gasteiger partial charge on any atom is 0.411 e. The van der Waals surface area contributed by atoms with Crippen molar-refractivity contribution in [2.45, 2.75) is 32.0 Å². The highest BCUT2D eigenvalue weighted by Gasteiger charge is 2.27. The maximum atomic E-state index is 11.8. The molecule has 6 heteroatoms. The van der Waals surface area contributed by atoms with Gasteiger partial charge in [-0.05, 0) is 31.0 Å². The number of hydrogen-bond donors (Lipinski definition) is 1. The molecule has 0 spiro atoms. The van der Waals surface area contributed by atoms with Gasteiger partial charge in [0, 0.05) is 12.5 Å². The fourth-order valence-electron chi connectivity index (χ4n) is 1.67. The maximum absolute atomic E-state index is 11.8. The molecule has 0 aliphatic carbocycles. The number of rotatable bonds is 8. The summed E-state index contributed by atoms with van der Waals surface area (Å²) in [6.07, 6.45) is -3.10. The lowest BCUT2D eigenvalue weighted by atomic mass is 10.1.